The fourth-order valence-electron chi connectivity index (χ4n) is 2.35. The van der Waals surface area contributed by atoms with Crippen LogP contribution in [0.3, 0.4) is 0 Å². The van der Waals surface area contributed by atoms with Crippen LogP contribution in [0.2, 0.25) is 0 Å². The Morgan fingerprint density at radius 3 is 2.29 bits per heavy atom. The van der Waals surface area contributed by atoms with E-state index >= 15 is 0 Å². The van der Waals surface area contributed by atoms with Gasteiger partial charge in [-0.15, -0.1) is 12.4 Å². The fourth-order valence-corrected chi connectivity index (χ4v) is 2.35. The SMILES string of the molecule is CC(N)C(c1ccccc1)N1CCOCC1.Cl. The lowest BCUT2D eigenvalue weighted by Crippen LogP contribution is -2.45. The van der Waals surface area contributed by atoms with Crippen LogP contribution >= 0.6 is 12.4 Å². The first-order valence-corrected chi connectivity index (χ1v) is 5.91. The van der Waals surface area contributed by atoms with Crippen molar-refractivity contribution in [3.63, 3.8) is 0 Å². The summed E-state index contributed by atoms with van der Waals surface area (Å²) in [6.07, 6.45) is 0. The molecule has 0 radical (unpaired) electrons. The average Bonchev–Trinajstić information content (AvgIpc) is 2.31. The molecular formula is C13H21ClN2O. The molecule has 0 bridgehead atoms. The van der Waals surface area contributed by atoms with Gasteiger partial charge in [0.15, 0.2) is 0 Å². The third-order valence-electron chi connectivity index (χ3n) is 3.08. The number of morpholine rings is 1. The van der Waals surface area contributed by atoms with E-state index in [0.29, 0.717) is 6.04 Å². The number of hydrogen-bond acceptors (Lipinski definition) is 3. The van der Waals surface area contributed by atoms with Crippen LogP contribution in [-0.2, 0) is 4.74 Å². The van der Waals surface area contributed by atoms with E-state index in [1.165, 1.54) is 5.56 Å². The summed E-state index contributed by atoms with van der Waals surface area (Å²) >= 11 is 0. The standard InChI is InChI=1S/C13H20N2O.ClH/c1-11(14)13(12-5-3-2-4-6-12)15-7-9-16-10-8-15;/h2-6,11,13H,7-10,14H2,1H3;1H. The van der Waals surface area contributed by atoms with Gasteiger partial charge in [-0.3, -0.25) is 4.90 Å². The van der Waals surface area contributed by atoms with Crippen molar-refractivity contribution in [2.45, 2.75) is 19.0 Å². The molecule has 0 amide bonds. The van der Waals surface area contributed by atoms with Crippen LogP contribution in [0.1, 0.15) is 18.5 Å². The van der Waals surface area contributed by atoms with E-state index in [1.54, 1.807) is 0 Å². The number of rotatable bonds is 3. The highest BCUT2D eigenvalue weighted by molar-refractivity contribution is 5.85. The minimum atomic E-state index is 0. The highest BCUT2D eigenvalue weighted by Gasteiger charge is 2.25. The number of nitrogens with zero attached hydrogens (tertiary/aromatic N) is 1. The van der Waals surface area contributed by atoms with Crippen molar-refractivity contribution in [2.24, 2.45) is 5.73 Å². The fraction of sp³-hybridized carbons (Fsp3) is 0.538. The largest absolute Gasteiger partial charge is 0.379 e. The molecule has 0 aromatic heterocycles. The Labute approximate surface area is 109 Å². The van der Waals surface area contributed by atoms with Gasteiger partial charge in [-0.1, -0.05) is 30.3 Å². The summed E-state index contributed by atoms with van der Waals surface area (Å²) in [5, 5.41) is 0. The van der Waals surface area contributed by atoms with E-state index < -0.39 is 0 Å². The molecule has 0 saturated carbocycles. The van der Waals surface area contributed by atoms with Crippen LogP contribution in [-0.4, -0.2) is 37.2 Å². The van der Waals surface area contributed by atoms with Gasteiger partial charge in [0.25, 0.3) is 0 Å². The van der Waals surface area contributed by atoms with Crippen molar-refractivity contribution in [2.75, 3.05) is 26.3 Å². The Hall–Kier alpha value is -0.610. The second-order valence-electron chi connectivity index (χ2n) is 4.36. The van der Waals surface area contributed by atoms with E-state index in [-0.39, 0.29) is 18.4 Å². The lowest BCUT2D eigenvalue weighted by molar-refractivity contribution is 0.0116. The molecular weight excluding hydrogens is 236 g/mol. The van der Waals surface area contributed by atoms with Gasteiger partial charge in [0.05, 0.1) is 13.2 Å². The van der Waals surface area contributed by atoms with Crippen LogP contribution in [0.4, 0.5) is 0 Å². The third kappa shape index (κ3) is 3.68. The quantitative estimate of drug-likeness (QED) is 0.897. The molecule has 1 aromatic carbocycles. The summed E-state index contributed by atoms with van der Waals surface area (Å²) in [5.41, 5.74) is 7.42. The third-order valence-corrected chi connectivity index (χ3v) is 3.08. The number of halogens is 1. The van der Waals surface area contributed by atoms with Crippen LogP contribution in [0.5, 0.6) is 0 Å². The van der Waals surface area contributed by atoms with E-state index in [9.17, 15) is 0 Å². The first-order chi connectivity index (χ1) is 7.79. The summed E-state index contributed by atoms with van der Waals surface area (Å²) in [5.74, 6) is 0. The number of ether oxygens (including phenoxy) is 1. The normalized spacial score (nSPS) is 20.4. The smallest absolute Gasteiger partial charge is 0.0594 e. The van der Waals surface area contributed by atoms with E-state index in [1.807, 2.05) is 6.07 Å². The topological polar surface area (TPSA) is 38.5 Å². The molecule has 0 spiro atoms. The summed E-state index contributed by atoms with van der Waals surface area (Å²) in [7, 11) is 0. The molecule has 1 aromatic rings. The Kier molecular flexibility index (Phi) is 5.92. The summed E-state index contributed by atoms with van der Waals surface area (Å²) in [4.78, 5) is 2.42. The molecule has 3 nitrogen and oxygen atoms in total. The molecule has 0 aliphatic carbocycles. The second kappa shape index (κ2) is 6.97. The Bertz CT molecular complexity index is 312. The Morgan fingerprint density at radius 2 is 1.76 bits per heavy atom. The Morgan fingerprint density at radius 1 is 1.18 bits per heavy atom. The molecule has 1 fully saturated rings. The Balaban J connectivity index is 0.00000144. The first-order valence-electron chi connectivity index (χ1n) is 5.91. The van der Waals surface area contributed by atoms with Crippen LogP contribution in [0.15, 0.2) is 30.3 Å². The summed E-state index contributed by atoms with van der Waals surface area (Å²) < 4.78 is 5.38. The number of benzene rings is 1. The summed E-state index contributed by atoms with van der Waals surface area (Å²) in [6, 6.07) is 11.0. The van der Waals surface area contributed by atoms with E-state index in [0.717, 1.165) is 26.3 Å². The molecule has 2 N–H and O–H groups in total. The molecule has 2 atom stereocenters. The minimum absolute atomic E-state index is 0. The molecule has 1 aliphatic rings. The average molecular weight is 257 g/mol. The maximum Gasteiger partial charge on any atom is 0.0594 e. The predicted molar refractivity (Wildman–Crippen MR) is 72.5 cm³/mol. The van der Waals surface area contributed by atoms with Gasteiger partial charge in [-0.25, -0.2) is 0 Å². The van der Waals surface area contributed by atoms with Crippen LogP contribution in [0, 0.1) is 0 Å². The monoisotopic (exact) mass is 256 g/mol. The minimum Gasteiger partial charge on any atom is -0.379 e. The first kappa shape index (κ1) is 14.5. The molecule has 1 saturated heterocycles. The highest BCUT2D eigenvalue weighted by Crippen LogP contribution is 2.23. The van der Waals surface area contributed by atoms with Crippen molar-refractivity contribution in [3.8, 4) is 0 Å². The molecule has 2 rings (SSSR count). The van der Waals surface area contributed by atoms with Gasteiger partial charge in [-0.2, -0.15) is 0 Å². The van der Waals surface area contributed by atoms with Crippen LogP contribution in [0.25, 0.3) is 0 Å². The van der Waals surface area contributed by atoms with Gasteiger partial charge < -0.3 is 10.5 Å². The van der Waals surface area contributed by atoms with Gasteiger partial charge in [0.2, 0.25) is 0 Å². The maximum absolute atomic E-state index is 6.12. The molecule has 17 heavy (non-hydrogen) atoms. The van der Waals surface area contributed by atoms with Crippen molar-refractivity contribution in [1.29, 1.82) is 0 Å². The number of nitrogens with two attached hydrogens (primary N) is 1. The molecule has 96 valence electrons. The lowest BCUT2D eigenvalue weighted by Gasteiger charge is -2.36. The zero-order chi connectivity index (χ0) is 11.4. The van der Waals surface area contributed by atoms with Gasteiger partial charge in [0, 0.05) is 25.2 Å². The zero-order valence-electron chi connectivity index (χ0n) is 10.2. The summed E-state index contributed by atoms with van der Waals surface area (Å²) in [6.45, 7) is 5.65. The molecule has 2 unspecified atom stereocenters. The molecule has 1 heterocycles. The number of hydrogen-bond donors (Lipinski definition) is 1. The van der Waals surface area contributed by atoms with Crippen molar-refractivity contribution < 1.29 is 4.74 Å². The van der Waals surface area contributed by atoms with Crippen LogP contribution < -0.4 is 5.73 Å². The highest BCUT2D eigenvalue weighted by atomic mass is 35.5. The lowest BCUT2D eigenvalue weighted by atomic mass is 9.99. The zero-order valence-corrected chi connectivity index (χ0v) is 11.0. The second-order valence-corrected chi connectivity index (χ2v) is 4.36. The van der Waals surface area contributed by atoms with Gasteiger partial charge in [-0.05, 0) is 12.5 Å². The predicted octanol–water partition coefficient (Wildman–Crippen LogP) is 1.83. The van der Waals surface area contributed by atoms with Gasteiger partial charge in [0.1, 0.15) is 0 Å². The molecule has 1 aliphatic heterocycles. The van der Waals surface area contributed by atoms with E-state index in [2.05, 4.69) is 36.1 Å². The van der Waals surface area contributed by atoms with Crippen molar-refractivity contribution in [1.82, 2.24) is 4.90 Å². The van der Waals surface area contributed by atoms with Crippen molar-refractivity contribution >= 4 is 12.4 Å². The maximum atomic E-state index is 6.12. The van der Waals surface area contributed by atoms with Gasteiger partial charge >= 0.3 is 0 Å². The van der Waals surface area contributed by atoms with Crippen molar-refractivity contribution in [3.05, 3.63) is 35.9 Å². The molecule has 4 heteroatoms. The van der Waals surface area contributed by atoms with E-state index in [4.69, 9.17) is 10.5 Å².